The maximum Gasteiger partial charge on any atom is 0.234 e. The van der Waals surface area contributed by atoms with Crippen molar-refractivity contribution in [1.82, 2.24) is 10.3 Å². The average Bonchev–Trinajstić information content (AvgIpc) is 2.89. The summed E-state index contributed by atoms with van der Waals surface area (Å²) in [4.78, 5) is 15.6. The summed E-state index contributed by atoms with van der Waals surface area (Å²) >= 11 is 1.58. The Labute approximate surface area is 115 Å². The van der Waals surface area contributed by atoms with Crippen LogP contribution < -0.4 is 5.32 Å². The summed E-state index contributed by atoms with van der Waals surface area (Å²) in [5, 5.41) is 14.0. The topological polar surface area (TPSA) is 65.8 Å². The quantitative estimate of drug-likeness (QED) is 0.908. The molecule has 19 heavy (non-hydrogen) atoms. The van der Waals surface area contributed by atoms with Gasteiger partial charge in [-0.2, -0.15) is 5.26 Å². The van der Waals surface area contributed by atoms with Crippen LogP contribution in [0.25, 0.3) is 11.3 Å². The van der Waals surface area contributed by atoms with Crippen LogP contribution in [0.3, 0.4) is 0 Å². The Bertz CT molecular complexity index is 586. The lowest BCUT2D eigenvalue weighted by Gasteiger charge is -1.99. The largest absolute Gasteiger partial charge is 0.355 e. The van der Waals surface area contributed by atoms with Gasteiger partial charge in [-0.1, -0.05) is 30.3 Å². The minimum absolute atomic E-state index is 0.0901. The second-order valence-electron chi connectivity index (χ2n) is 3.93. The smallest absolute Gasteiger partial charge is 0.234 e. The summed E-state index contributed by atoms with van der Waals surface area (Å²) in [5.41, 5.74) is 2.06. The zero-order chi connectivity index (χ0) is 13.5. The Morgan fingerprint density at radius 2 is 2.16 bits per heavy atom. The normalized spacial score (nSPS) is 9.84. The van der Waals surface area contributed by atoms with Gasteiger partial charge in [0.2, 0.25) is 5.91 Å². The van der Waals surface area contributed by atoms with Crippen LogP contribution >= 0.6 is 11.3 Å². The lowest BCUT2D eigenvalue weighted by Crippen LogP contribution is -2.24. The highest BCUT2D eigenvalue weighted by atomic mass is 32.1. The van der Waals surface area contributed by atoms with E-state index >= 15 is 0 Å². The maximum absolute atomic E-state index is 11.1. The number of nitrogens with zero attached hydrogens (tertiary/aromatic N) is 2. The molecule has 0 saturated heterocycles. The fourth-order valence-corrected chi connectivity index (χ4v) is 2.42. The minimum Gasteiger partial charge on any atom is -0.355 e. The molecule has 96 valence electrons. The molecule has 1 amide bonds. The SMILES string of the molecule is N#CCC(=O)NCCc1nc(-c2ccccc2)cs1. The number of hydrogen-bond acceptors (Lipinski definition) is 4. The van der Waals surface area contributed by atoms with Gasteiger partial charge in [-0.05, 0) is 0 Å². The lowest BCUT2D eigenvalue weighted by atomic mass is 10.2. The van der Waals surface area contributed by atoms with Gasteiger partial charge >= 0.3 is 0 Å². The highest BCUT2D eigenvalue weighted by Gasteiger charge is 2.05. The summed E-state index contributed by atoms with van der Waals surface area (Å²) in [6.07, 6.45) is 0.599. The molecule has 2 rings (SSSR count). The van der Waals surface area contributed by atoms with Crippen LogP contribution in [0.1, 0.15) is 11.4 Å². The highest BCUT2D eigenvalue weighted by Crippen LogP contribution is 2.21. The number of rotatable bonds is 5. The van der Waals surface area contributed by atoms with Gasteiger partial charge in [0.1, 0.15) is 6.42 Å². The number of carbonyl (C=O) groups is 1. The minimum atomic E-state index is -0.234. The Morgan fingerprint density at radius 3 is 2.89 bits per heavy atom. The molecule has 5 heteroatoms. The van der Waals surface area contributed by atoms with E-state index in [0.29, 0.717) is 13.0 Å². The van der Waals surface area contributed by atoms with Crippen LogP contribution in [0.15, 0.2) is 35.7 Å². The van der Waals surface area contributed by atoms with Crippen molar-refractivity contribution >= 4 is 17.2 Å². The van der Waals surface area contributed by atoms with E-state index in [1.807, 2.05) is 41.8 Å². The van der Waals surface area contributed by atoms with Crippen LogP contribution in [0.2, 0.25) is 0 Å². The van der Waals surface area contributed by atoms with Crippen molar-refractivity contribution in [3.8, 4) is 17.3 Å². The summed E-state index contributed by atoms with van der Waals surface area (Å²) in [6.45, 7) is 0.516. The zero-order valence-electron chi connectivity index (χ0n) is 10.3. The van der Waals surface area contributed by atoms with Gasteiger partial charge in [-0.15, -0.1) is 11.3 Å². The van der Waals surface area contributed by atoms with Crippen molar-refractivity contribution < 1.29 is 4.79 Å². The van der Waals surface area contributed by atoms with Gasteiger partial charge in [0, 0.05) is 23.9 Å². The molecule has 2 aromatic rings. The number of benzene rings is 1. The lowest BCUT2D eigenvalue weighted by molar-refractivity contribution is -0.120. The third-order valence-corrected chi connectivity index (χ3v) is 3.43. The van der Waals surface area contributed by atoms with Gasteiger partial charge in [0.25, 0.3) is 0 Å². The Kier molecular flexibility index (Phi) is 4.65. The molecule has 0 aliphatic heterocycles. The van der Waals surface area contributed by atoms with Crippen molar-refractivity contribution in [2.75, 3.05) is 6.54 Å². The molecule has 0 fully saturated rings. The van der Waals surface area contributed by atoms with E-state index in [-0.39, 0.29) is 12.3 Å². The van der Waals surface area contributed by atoms with Gasteiger partial charge in [0.15, 0.2) is 0 Å². The van der Waals surface area contributed by atoms with Crippen molar-refractivity contribution in [2.24, 2.45) is 0 Å². The Hall–Kier alpha value is -2.19. The fraction of sp³-hybridized carbons (Fsp3) is 0.214. The number of carbonyl (C=O) groups excluding carboxylic acids is 1. The van der Waals surface area contributed by atoms with E-state index in [9.17, 15) is 4.79 Å². The van der Waals surface area contributed by atoms with E-state index in [0.717, 1.165) is 16.3 Å². The predicted molar refractivity (Wildman–Crippen MR) is 74.5 cm³/mol. The van der Waals surface area contributed by atoms with E-state index < -0.39 is 0 Å². The van der Waals surface area contributed by atoms with Gasteiger partial charge < -0.3 is 5.32 Å². The van der Waals surface area contributed by atoms with Crippen molar-refractivity contribution in [1.29, 1.82) is 5.26 Å². The monoisotopic (exact) mass is 271 g/mol. The van der Waals surface area contributed by atoms with Crippen molar-refractivity contribution in [3.63, 3.8) is 0 Å². The van der Waals surface area contributed by atoms with Crippen LogP contribution in [-0.2, 0) is 11.2 Å². The number of amides is 1. The molecule has 1 aromatic carbocycles. The van der Waals surface area contributed by atoms with Gasteiger partial charge in [-0.3, -0.25) is 4.79 Å². The first-order valence-electron chi connectivity index (χ1n) is 5.93. The number of thiazole rings is 1. The van der Waals surface area contributed by atoms with Crippen LogP contribution in [0, 0.1) is 11.3 Å². The molecule has 0 aliphatic rings. The Morgan fingerprint density at radius 1 is 1.37 bits per heavy atom. The van der Waals surface area contributed by atoms with Gasteiger partial charge in [0.05, 0.1) is 16.8 Å². The molecule has 0 saturated carbocycles. The Balaban J connectivity index is 1.88. The molecule has 0 spiro atoms. The van der Waals surface area contributed by atoms with Gasteiger partial charge in [-0.25, -0.2) is 4.98 Å². The molecule has 0 atom stereocenters. The van der Waals surface area contributed by atoms with Crippen molar-refractivity contribution in [3.05, 3.63) is 40.7 Å². The summed E-state index contributed by atoms with van der Waals surface area (Å²) < 4.78 is 0. The first kappa shape index (κ1) is 13.2. The summed E-state index contributed by atoms with van der Waals surface area (Å²) in [7, 11) is 0. The first-order chi connectivity index (χ1) is 9.29. The van der Waals surface area contributed by atoms with E-state index in [4.69, 9.17) is 5.26 Å². The number of nitriles is 1. The molecule has 0 radical (unpaired) electrons. The molecule has 0 aliphatic carbocycles. The zero-order valence-corrected chi connectivity index (χ0v) is 11.1. The molecule has 1 N–H and O–H groups in total. The average molecular weight is 271 g/mol. The molecular weight excluding hydrogens is 258 g/mol. The van der Waals surface area contributed by atoms with Crippen molar-refractivity contribution in [2.45, 2.75) is 12.8 Å². The van der Waals surface area contributed by atoms with E-state index in [2.05, 4.69) is 10.3 Å². The highest BCUT2D eigenvalue weighted by molar-refractivity contribution is 7.09. The van der Waals surface area contributed by atoms with Crippen LogP contribution in [0.4, 0.5) is 0 Å². The molecule has 0 unspecified atom stereocenters. The molecular formula is C14H13N3OS. The maximum atomic E-state index is 11.1. The second kappa shape index (κ2) is 6.66. The van der Waals surface area contributed by atoms with Crippen LogP contribution in [0.5, 0.6) is 0 Å². The fourth-order valence-electron chi connectivity index (χ4n) is 1.61. The summed E-state index contributed by atoms with van der Waals surface area (Å²) in [6, 6.07) is 11.8. The molecule has 1 aromatic heterocycles. The number of hydrogen-bond donors (Lipinski definition) is 1. The molecule has 1 heterocycles. The predicted octanol–water partition coefficient (Wildman–Crippen LogP) is 2.38. The standard InChI is InChI=1S/C14H13N3OS/c15-8-6-13(18)16-9-7-14-17-12(10-19-14)11-4-2-1-3-5-11/h1-5,10H,6-7,9H2,(H,16,18). The third kappa shape index (κ3) is 3.90. The number of aromatic nitrogens is 1. The van der Waals surface area contributed by atoms with E-state index in [1.54, 1.807) is 11.3 Å². The number of nitrogens with one attached hydrogen (secondary N) is 1. The molecule has 4 nitrogen and oxygen atoms in total. The summed E-state index contributed by atoms with van der Waals surface area (Å²) in [5.74, 6) is -0.234. The van der Waals surface area contributed by atoms with Crippen LogP contribution in [-0.4, -0.2) is 17.4 Å². The third-order valence-electron chi connectivity index (χ3n) is 2.52. The second-order valence-corrected chi connectivity index (χ2v) is 4.87. The van der Waals surface area contributed by atoms with E-state index in [1.165, 1.54) is 0 Å². The first-order valence-corrected chi connectivity index (χ1v) is 6.81. The molecule has 0 bridgehead atoms.